The van der Waals surface area contributed by atoms with E-state index in [9.17, 15) is 4.79 Å². The molecule has 0 aromatic heterocycles. The van der Waals surface area contributed by atoms with Crippen LogP contribution in [0.4, 0.5) is 0 Å². The molecule has 0 aromatic carbocycles. The van der Waals surface area contributed by atoms with Crippen molar-refractivity contribution in [1.82, 2.24) is 4.98 Å². The fourth-order valence-electron chi connectivity index (χ4n) is 1.31. The molecule has 3 nitrogen and oxygen atoms in total. The van der Waals surface area contributed by atoms with Gasteiger partial charge in [-0.25, -0.2) is 0 Å². The van der Waals surface area contributed by atoms with E-state index in [2.05, 4.69) is 72.7 Å². The highest BCUT2D eigenvalue weighted by Gasteiger charge is 2.43. The third-order valence-electron chi connectivity index (χ3n) is 4.97. The third kappa shape index (κ3) is 5.00. The van der Waals surface area contributed by atoms with Crippen LogP contribution < -0.4 is 4.98 Å². The summed E-state index contributed by atoms with van der Waals surface area (Å²) in [5.41, 5.74) is 0. The van der Waals surface area contributed by atoms with E-state index in [4.69, 9.17) is 4.43 Å². The van der Waals surface area contributed by atoms with Gasteiger partial charge in [-0.1, -0.05) is 54.6 Å². The quantitative estimate of drug-likeness (QED) is 0.775. The van der Waals surface area contributed by atoms with Crippen molar-refractivity contribution in [2.45, 2.75) is 90.8 Å². The van der Waals surface area contributed by atoms with E-state index in [1.54, 1.807) is 0 Å². The molecule has 0 fully saturated rings. The SMILES string of the molecule is CC(N[Si](C)(C)C(C)(C)C)C(=O)O[Si](C)(C)C(C)(C)C. The molecule has 1 N–H and O–H groups in total. The monoisotopic (exact) mass is 317 g/mol. The molecule has 20 heavy (non-hydrogen) atoms. The van der Waals surface area contributed by atoms with E-state index in [0.717, 1.165) is 0 Å². The van der Waals surface area contributed by atoms with E-state index in [-0.39, 0.29) is 22.1 Å². The summed E-state index contributed by atoms with van der Waals surface area (Å²) in [5.74, 6) is -0.0959. The Bertz CT molecular complexity index is 352. The molecule has 0 aliphatic carbocycles. The number of nitrogens with one attached hydrogen (secondary N) is 1. The Morgan fingerprint density at radius 2 is 1.35 bits per heavy atom. The Morgan fingerprint density at radius 3 is 1.65 bits per heavy atom. The van der Waals surface area contributed by atoms with Gasteiger partial charge in [-0.2, -0.15) is 0 Å². The minimum absolute atomic E-state index is 0.0549. The number of hydrogen-bond donors (Lipinski definition) is 1. The summed E-state index contributed by atoms with van der Waals surface area (Å²) < 4.78 is 5.88. The second-order valence-electron chi connectivity index (χ2n) is 8.92. The molecule has 120 valence electrons. The van der Waals surface area contributed by atoms with Gasteiger partial charge in [0, 0.05) is 0 Å². The highest BCUT2D eigenvalue weighted by atomic mass is 28.4. The molecule has 5 heteroatoms. The zero-order valence-corrected chi connectivity index (χ0v) is 17.4. The van der Waals surface area contributed by atoms with Crippen LogP contribution >= 0.6 is 0 Å². The Balaban J connectivity index is 4.83. The maximum atomic E-state index is 12.4. The number of rotatable bonds is 4. The highest BCUT2D eigenvalue weighted by Crippen LogP contribution is 2.37. The minimum Gasteiger partial charge on any atom is -0.518 e. The average molecular weight is 318 g/mol. The van der Waals surface area contributed by atoms with Crippen LogP contribution in [0.1, 0.15) is 48.5 Å². The average Bonchev–Trinajstić information content (AvgIpc) is 2.12. The second-order valence-corrected chi connectivity index (χ2v) is 18.7. The lowest BCUT2D eigenvalue weighted by atomic mass is 10.2. The number of carbonyl (C=O) groups is 1. The Morgan fingerprint density at radius 1 is 0.950 bits per heavy atom. The summed E-state index contributed by atoms with van der Waals surface area (Å²) in [4.78, 5) is 15.9. The Hall–Kier alpha value is -0.136. The summed E-state index contributed by atoms with van der Waals surface area (Å²) in [6.45, 7) is 23.8. The molecule has 1 atom stereocenters. The smallest absolute Gasteiger partial charge is 0.308 e. The summed E-state index contributed by atoms with van der Waals surface area (Å²) >= 11 is 0. The van der Waals surface area contributed by atoms with Crippen molar-refractivity contribution in [3.8, 4) is 0 Å². The molecule has 0 bridgehead atoms. The standard InChI is InChI=1S/C15H35NO2Si2/c1-12(16-19(8,9)14(2,3)4)13(17)18-20(10,11)15(5,6)7/h12,16H,1-11H3. The fraction of sp³-hybridized carbons (Fsp3) is 0.933. The zero-order valence-electron chi connectivity index (χ0n) is 15.4. The zero-order chi connectivity index (χ0) is 16.6. The van der Waals surface area contributed by atoms with Crippen LogP contribution in [0.3, 0.4) is 0 Å². The van der Waals surface area contributed by atoms with Crippen molar-refractivity contribution in [2.24, 2.45) is 0 Å². The lowest BCUT2D eigenvalue weighted by Gasteiger charge is -2.41. The molecule has 0 amide bonds. The molecule has 0 aliphatic rings. The van der Waals surface area contributed by atoms with Gasteiger partial charge in [0.2, 0.25) is 0 Å². The van der Waals surface area contributed by atoms with Crippen LogP contribution in [0.25, 0.3) is 0 Å². The molecule has 0 spiro atoms. The Kier molecular flexibility index (Phi) is 5.89. The highest BCUT2D eigenvalue weighted by molar-refractivity contribution is 6.78. The first-order chi connectivity index (χ1) is 8.51. The van der Waals surface area contributed by atoms with Gasteiger partial charge >= 0.3 is 5.97 Å². The van der Waals surface area contributed by atoms with Crippen molar-refractivity contribution in [3.63, 3.8) is 0 Å². The van der Waals surface area contributed by atoms with Crippen molar-refractivity contribution in [2.75, 3.05) is 0 Å². The summed E-state index contributed by atoms with van der Waals surface area (Å²) in [5, 5.41) is 0.262. The van der Waals surface area contributed by atoms with Gasteiger partial charge in [0.05, 0.1) is 6.04 Å². The predicted molar refractivity (Wildman–Crippen MR) is 93.1 cm³/mol. The van der Waals surface area contributed by atoms with Gasteiger partial charge in [0.1, 0.15) is 8.24 Å². The maximum absolute atomic E-state index is 12.4. The molecule has 0 saturated carbocycles. The first-order valence-electron chi connectivity index (χ1n) is 7.52. The van der Waals surface area contributed by atoms with Gasteiger partial charge in [0.15, 0.2) is 0 Å². The van der Waals surface area contributed by atoms with Crippen LogP contribution in [0.5, 0.6) is 0 Å². The van der Waals surface area contributed by atoms with Gasteiger partial charge in [-0.05, 0) is 30.1 Å². The van der Waals surface area contributed by atoms with Crippen LogP contribution in [-0.2, 0) is 9.22 Å². The largest absolute Gasteiger partial charge is 0.518 e. The van der Waals surface area contributed by atoms with Gasteiger partial charge in [-0.3, -0.25) is 4.79 Å². The van der Waals surface area contributed by atoms with Crippen LogP contribution in [0.2, 0.25) is 36.3 Å². The molecule has 0 radical (unpaired) electrons. The van der Waals surface area contributed by atoms with Crippen LogP contribution in [0.15, 0.2) is 0 Å². The van der Waals surface area contributed by atoms with E-state index >= 15 is 0 Å². The molecular formula is C15H35NO2Si2. The third-order valence-corrected chi connectivity index (χ3v) is 14.2. The topological polar surface area (TPSA) is 38.3 Å². The summed E-state index contributed by atoms with van der Waals surface area (Å²) in [6.07, 6.45) is 0. The Labute approximate surface area is 128 Å². The fourth-order valence-corrected chi connectivity index (χ4v) is 3.93. The minimum atomic E-state index is -2.03. The van der Waals surface area contributed by atoms with Gasteiger partial charge in [0.25, 0.3) is 8.32 Å². The maximum Gasteiger partial charge on any atom is 0.308 e. The van der Waals surface area contributed by atoms with Crippen molar-refractivity contribution < 1.29 is 9.22 Å². The lowest BCUT2D eigenvalue weighted by Crippen LogP contribution is -2.58. The van der Waals surface area contributed by atoms with E-state index in [0.29, 0.717) is 0 Å². The molecule has 0 rings (SSSR count). The van der Waals surface area contributed by atoms with E-state index in [1.807, 2.05) is 6.92 Å². The van der Waals surface area contributed by atoms with Gasteiger partial charge < -0.3 is 9.41 Å². The molecule has 0 aliphatic heterocycles. The molecular weight excluding hydrogens is 282 g/mol. The second kappa shape index (κ2) is 5.93. The van der Waals surface area contributed by atoms with Crippen LogP contribution in [-0.4, -0.2) is 28.6 Å². The number of hydrogen-bond acceptors (Lipinski definition) is 3. The molecule has 1 unspecified atom stereocenters. The molecule has 0 aromatic rings. The summed E-state index contributed by atoms with van der Waals surface area (Å²) in [7, 11) is -3.71. The van der Waals surface area contributed by atoms with E-state index < -0.39 is 16.6 Å². The van der Waals surface area contributed by atoms with Gasteiger partial charge in [-0.15, -0.1) is 0 Å². The van der Waals surface area contributed by atoms with Crippen molar-refractivity contribution in [1.29, 1.82) is 0 Å². The van der Waals surface area contributed by atoms with Crippen LogP contribution in [0, 0.1) is 0 Å². The van der Waals surface area contributed by atoms with Crippen molar-refractivity contribution >= 4 is 22.5 Å². The molecule has 0 heterocycles. The predicted octanol–water partition coefficient (Wildman–Crippen LogP) is 4.52. The van der Waals surface area contributed by atoms with Crippen molar-refractivity contribution in [3.05, 3.63) is 0 Å². The van der Waals surface area contributed by atoms with E-state index in [1.165, 1.54) is 0 Å². The first-order valence-corrected chi connectivity index (χ1v) is 13.4. The first kappa shape index (κ1) is 19.9. The molecule has 0 saturated heterocycles. The number of carbonyl (C=O) groups excluding carboxylic acids is 1. The summed E-state index contributed by atoms with van der Waals surface area (Å²) in [6, 6.07) is -0.231. The lowest BCUT2D eigenvalue weighted by molar-refractivity contribution is -0.137. The normalized spacial score (nSPS) is 15.9.